The molecule has 5 heteroatoms. The van der Waals surface area contributed by atoms with Crippen LogP contribution in [0.15, 0.2) is 24.5 Å². The summed E-state index contributed by atoms with van der Waals surface area (Å²) in [6.45, 7) is 0. The molecule has 0 aliphatic carbocycles. The molecule has 1 aromatic heterocycles. The number of carbonyl (C=O) groups is 1. The van der Waals surface area contributed by atoms with E-state index in [2.05, 4.69) is 9.72 Å². The first kappa shape index (κ1) is 10.2. The second-order valence-electron chi connectivity index (χ2n) is 1.52. The molecule has 0 radical (unpaired) electrons. The van der Waals surface area contributed by atoms with Crippen LogP contribution in [0.3, 0.4) is 0 Å². The van der Waals surface area contributed by atoms with Crippen molar-refractivity contribution in [3.8, 4) is 5.75 Å². The maximum atomic E-state index is 10.1. The Morgan fingerprint density at radius 2 is 2.00 bits per heavy atom. The lowest BCUT2D eigenvalue weighted by atomic mass is 10.5. The van der Waals surface area contributed by atoms with Gasteiger partial charge in [-0.25, -0.2) is 4.79 Å². The zero-order valence-corrected chi connectivity index (χ0v) is 6.93. The van der Waals surface area contributed by atoms with Crippen LogP contribution in [-0.2, 0) is 0 Å². The highest BCUT2D eigenvalue weighted by atomic mass is 35.5. The maximum Gasteiger partial charge on any atom is 0.409 e. The fourth-order valence-corrected chi connectivity index (χ4v) is 0.588. The molecule has 0 N–H and O–H groups in total. The van der Waals surface area contributed by atoms with Crippen molar-refractivity contribution in [3.63, 3.8) is 0 Å². The van der Waals surface area contributed by atoms with E-state index in [1.807, 2.05) is 0 Å². The van der Waals surface area contributed by atoms with Crippen molar-refractivity contribution in [2.75, 3.05) is 0 Å². The molecule has 0 saturated heterocycles. The van der Waals surface area contributed by atoms with Gasteiger partial charge in [0.2, 0.25) is 0 Å². The molecule has 60 valence electrons. The van der Waals surface area contributed by atoms with Crippen LogP contribution in [0.4, 0.5) is 4.79 Å². The van der Waals surface area contributed by atoms with Gasteiger partial charge in [0.1, 0.15) is 5.75 Å². The van der Waals surface area contributed by atoms with Crippen LogP contribution in [-0.4, -0.2) is 10.4 Å². The van der Waals surface area contributed by atoms with E-state index in [1.165, 1.54) is 12.4 Å². The molecule has 0 aliphatic heterocycles. The molecular formula is C6H5Cl2NO2. The van der Waals surface area contributed by atoms with Gasteiger partial charge >= 0.3 is 5.43 Å². The number of carbonyl (C=O) groups excluding carboxylic acids is 1. The van der Waals surface area contributed by atoms with Crippen LogP contribution in [0.25, 0.3) is 0 Å². The van der Waals surface area contributed by atoms with E-state index in [4.69, 9.17) is 11.6 Å². The zero-order chi connectivity index (χ0) is 7.40. The van der Waals surface area contributed by atoms with E-state index in [0.29, 0.717) is 5.75 Å². The Balaban J connectivity index is 0.000001000. The van der Waals surface area contributed by atoms with E-state index >= 15 is 0 Å². The quantitative estimate of drug-likeness (QED) is 0.643. The van der Waals surface area contributed by atoms with Gasteiger partial charge in [-0.3, -0.25) is 4.98 Å². The molecule has 1 rings (SSSR count). The van der Waals surface area contributed by atoms with Crippen molar-refractivity contribution in [2.24, 2.45) is 0 Å². The van der Waals surface area contributed by atoms with Crippen LogP contribution in [0.2, 0.25) is 0 Å². The first-order valence-electron chi connectivity index (χ1n) is 2.56. The summed E-state index contributed by atoms with van der Waals surface area (Å²) in [6, 6.07) is 3.08. The number of rotatable bonds is 1. The lowest BCUT2D eigenvalue weighted by molar-refractivity contribution is 0.225. The monoisotopic (exact) mass is 193 g/mol. The van der Waals surface area contributed by atoms with Gasteiger partial charge in [-0.05, 0) is 12.1 Å². The summed E-state index contributed by atoms with van der Waals surface area (Å²) in [5.74, 6) is 0.398. The normalized spacial score (nSPS) is 8.09. The molecule has 1 aromatic rings. The van der Waals surface area contributed by atoms with Gasteiger partial charge in [0, 0.05) is 24.0 Å². The molecule has 0 fully saturated rings. The second kappa shape index (κ2) is 4.93. The van der Waals surface area contributed by atoms with Crippen molar-refractivity contribution in [1.82, 2.24) is 4.98 Å². The number of ether oxygens (including phenoxy) is 1. The van der Waals surface area contributed by atoms with E-state index in [9.17, 15) is 4.79 Å². The average Bonchev–Trinajstić information content (AvgIpc) is 1.88. The Labute approximate surface area is 74.7 Å². The van der Waals surface area contributed by atoms with E-state index < -0.39 is 5.43 Å². The lowest BCUT2D eigenvalue weighted by Gasteiger charge is -1.95. The molecule has 0 aromatic carbocycles. The third kappa shape index (κ3) is 3.80. The highest BCUT2D eigenvalue weighted by Gasteiger charge is 1.96. The van der Waals surface area contributed by atoms with Gasteiger partial charge in [0.15, 0.2) is 0 Å². The molecule has 11 heavy (non-hydrogen) atoms. The number of aromatic nitrogens is 1. The van der Waals surface area contributed by atoms with Gasteiger partial charge in [-0.2, -0.15) is 0 Å². The van der Waals surface area contributed by atoms with Gasteiger partial charge in [0.25, 0.3) is 0 Å². The predicted molar refractivity (Wildman–Crippen MR) is 43.4 cm³/mol. The second-order valence-corrected chi connectivity index (χ2v) is 1.83. The molecule has 0 atom stereocenters. The van der Waals surface area contributed by atoms with Crippen molar-refractivity contribution < 1.29 is 9.53 Å². The summed E-state index contributed by atoms with van der Waals surface area (Å²) >= 11 is 4.93. The van der Waals surface area contributed by atoms with Crippen LogP contribution in [0.1, 0.15) is 0 Å². The summed E-state index contributed by atoms with van der Waals surface area (Å²) in [6.07, 6.45) is 3.02. The molecule has 0 aliphatic rings. The van der Waals surface area contributed by atoms with Gasteiger partial charge < -0.3 is 4.74 Å². The number of halogens is 2. The first-order chi connectivity index (χ1) is 4.79. The van der Waals surface area contributed by atoms with E-state index in [1.54, 1.807) is 12.1 Å². The fourth-order valence-electron chi connectivity index (χ4n) is 0.499. The third-order valence-corrected chi connectivity index (χ3v) is 0.925. The molecule has 0 unspecified atom stereocenters. The van der Waals surface area contributed by atoms with Crippen LogP contribution in [0, 0.1) is 0 Å². The van der Waals surface area contributed by atoms with Crippen molar-refractivity contribution >= 4 is 29.4 Å². The summed E-state index contributed by atoms with van der Waals surface area (Å²) in [5.41, 5.74) is -0.841. The smallest absolute Gasteiger partial charge is 0.409 e. The van der Waals surface area contributed by atoms with Crippen LogP contribution < -0.4 is 4.74 Å². The Hall–Kier alpha value is -0.800. The molecule has 0 spiro atoms. The largest absolute Gasteiger partial charge is 0.414 e. The highest BCUT2D eigenvalue weighted by Crippen LogP contribution is 2.07. The van der Waals surface area contributed by atoms with Crippen LogP contribution in [0.5, 0.6) is 5.75 Å². The average molecular weight is 194 g/mol. The first-order valence-corrected chi connectivity index (χ1v) is 2.94. The third-order valence-electron chi connectivity index (χ3n) is 0.848. The number of pyridine rings is 1. The van der Waals surface area contributed by atoms with Crippen molar-refractivity contribution in [2.45, 2.75) is 0 Å². The molecule has 1 heterocycles. The van der Waals surface area contributed by atoms with Crippen molar-refractivity contribution in [3.05, 3.63) is 24.5 Å². The summed E-state index contributed by atoms with van der Waals surface area (Å²) < 4.78 is 4.50. The summed E-state index contributed by atoms with van der Waals surface area (Å²) in [7, 11) is 0. The number of hydrogen-bond donors (Lipinski definition) is 0. The Morgan fingerprint density at radius 1 is 1.45 bits per heavy atom. The Morgan fingerprint density at radius 3 is 2.45 bits per heavy atom. The van der Waals surface area contributed by atoms with Crippen molar-refractivity contribution in [1.29, 1.82) is 0 Å². The minimum atomic E-state index is -0.841. The maximum absolute atomic E-state index is 10.1. The molecule has 0 amide bonds. The minimum absolute atomic E-state index is 0. The van der Waals surface area contributed by atoms with Gasteiger partial charge in [0.05, 0.1) is 0 Å². The predicted octanol–water partition coefficient (Wildman–Crippen LogP) is 2.24. The SMILES string of the molecule is Cl.O=C(Cl)Oc1ccncc1. The minimum Gasteiger partial charge on any atom is -0.414 e. The van der Waals surface area contributed by atoms with Gasteiger partial charge in [-0.1, -0.05) is 0 Å². The number of hydrogen-bond acceptors (Lipinski definition) is 3. The molecular weight excluding hydrogens is 189 g/mol. The summed E-state index contributed by atoms with van der Waals surface area (Å²) in [5, 5.41) is 0. The van der Waals surface area contributed by atoms with E-state index in [-0.39, 0.29) is 12.4 Å². The Kier molecular flexibility index (Phi) is 4.57. The Bertz CT molecular complexity index is 227. The van der Waals surface area contributed by atoms with Crippen LogP contribution >= 0.6 is 24.0 Å². The highest BCUT2D eigenvalue weighted by molar-refractivity contribution is 6.61. The zero-order valence-electron chi connectivity index (χ0n) is 5.36. The number of nitrogens with zero attached hydrogens (tertiary/aromatic N) is 1. The molecule has 0 bridgehead atoms. The molecule has 0 saturated carbocycles. The molecule has 3 nitrogen and oxygen atoms in total. The van der Waals surface area contributed by atoms with E-state index in [0.717, 1.165) is 0 Å². The fraction of sp³-hybridized carbons (Fsp3) is 0. The topological polar surface area (TPSA) is 39.2 Å². The van der Waals surface area contributed by atoms with Gasteiger partial charge in [-0.15, -0.1) is 12.4 Å². The lowest BCUT2D eigenvalue weighted by Crippen LogP contribution is -1.95. The standard InChI is InChI=1S/C6H4ClNO2.ClH/c7-6(9)10-5-1-3-8-4-2-5;/h1-4H;1H. The summed E-state index contributed by atoms with van der Waals surface area (Å²) in [4.78, 5) is 13.9.